The number of furan rings is 1. The van der Waals surface area contributed by atoms with Crippen molar-refractivity contribution in [1.82, 2.24) is 0 Å². The fourth-order valence-electron chi connectivity index (χ4n) is 5.85. The maximum Gasteiger partial charge on any atom is 0.0960 e. The van der Waals surface area contributed by atoms with Crippen molar-refractivity contribution < 1.29 is 9.15 Å². The van der Waals surface area contributed by atoms with E-state index in [1.165, 1.54) is 43.3 Å². The molecule has 1 aromatic heterocycles. The largest absolute Gasteiger partial charge is 0.472 e. The summed E-state index contributed by atoms with van der Waals surface area (Å²) in [4.78, 5) is 0. The van der Waals surface area contributed by atoms with Crippen molar-refractivity contribution >= 4 is 0 Å². The summed E-state index contributed by atoms with van der Waals surface area (Å²) in [7, 11) is 0. The summed E-state index contributed by atoms with van der Waals surface area (Å²) >= 11 is 0. The Morgan fingerprint density at radius 3 is 2.81 bits per heavy atom. The predicted molar refractivity (Wildman–Crippen MR) is 110 cm³/mol. The van der Waals surface area contributed by atoms with Crippen LogP contribution in [0.15, 0.2) is 59.0 Å². The molecule has 2 fully saturated rings. The van der Waals surface area contributed by atoms with Crippen molar-refractivity contribution in [2.75, 3.05) is 6.61 Å². The number of hydrogen-bond donors (Lipinski definition) is 0. The second-order valence-electron chi connectivity index (χ2n) is 9.48. The SMILES string of the molecule is C=C1CCC[C@@H]2[C@@](C)(/C=C/C3=CC[C@H](c4ccoc4)OC3)[C@@H](C)CC[C@@]12C. The molecular formula is C25H34O2. The van der Waals surface area contributed by atoms with Gasteiger partial charge in [0.05, 0.1) is 25.2 Å². The van der Waals surface area contributed by atoms with Crippen molar-refractivity contribution in [1.29, 1.82) is 0 Å². The van der Waals surface area contributed by atoms with Crippen LogP contribution in [0.25, 0.3) is 0 Å². The Hall–Kier alpha value is -1.54. The minimum Gasteiger partial charge on any atom is -0.472 e. The Kier molecular flexibility index (Phi) is 4.96. The van der Waals surface area contributed by atoms with Crippen LogP contribution in [-0.4, -0.2) is 6.61 Å². The highest BCUT2D eigenvalue weighted by atomic mass is 16.5. The number of rotatable bonds is 3. The van der Waals surface area contributed by atoms with Gasteiger partial charge in [-0.3, -0.25) is 0 Å². The first-order valence-corrected chi connectivity index (χ1v) is 10.6. The number of fused-ring (bicyclic) bond motifs is 1. The molecule has 0 saturated heterocycles. The van der Waals surface area contributed by atoms with Crippen molar-refractivity contribution in [2.45, 2.75) is 65.4 Å². The summed E-state index contributed by atoms with van der Waals surface area (Å²) < 4.78 is 11.3. The maximum atomic E-state index is 6.08. The molecule has 0 spiro atoms. The molecule has 0 amide bonds. The maximum absolute atomic E-state index is 6.08. The topological polar surface area (TPSA) is 22.4 Å². The van der Waals surface area contributed by atoms with Gasteiger partial charge in [0.2, 0.25) is 0 Å². The summed E-state index contributed by atoms with van der Waals surface area (Å²) in [5, 5.41) is 0. The van der Waals surface area contributed by atoms with Crippen molar-refractivity contribution in [3.63, 3.8) is 0 Å². The summed E-state index contributed by atoms with van der Waals surface area (Å²) in [6.45, 7) is 12.6. The van der Waals surface area contributed by atoms with E-state index in [0.29, 0.717) is 23.9 Å². The Bertz CT molecular complexity index is 740. The van der Waals surface area contributed by atoms with Gasteiger partial charge in [-0.1, -0.05) is 51.2 Å². The summed E-state index contributed by atoms with van der Waals surface area (Å²) in [5.41, 5.74) is 4.49. The van der Waals surface area contributed by atoms with Gasteiger partial charge in [0.15, 0.2) is 0 Å². The third-order valence-electron chi connectivity index (χ3n) is 8.07. The van der Waals surface area contributed by atoms with E-state index in [4.69, 9.17) is 9.15 Å². The van der Waals surface area contributed by atoms with Crippen LogP contribution in [0.3, 0.4) is 0 Å². The lowest BCUT2D eigenvalue weighted by molar-refractivity contribution is -0.0163. The molecule has 27 heavy (non-hydrogen) atoms. The molecule has 0 bridgehead atoms. The zero-order chi connectivity index (χ0) is 19.1. The minimum absolute atomic E-state index is 0.134. The van der Waals surface area contributed by atoms with Gasteiger partial charge in [0.1, 0.15) is 0 Å². The first-order valence-electron chi connectivity index (χ1n) is 10.6. The molecule has 4 rings (SSSR count). The Balaban J connectivity index is 1.52. The lowest BCUT2D eigenvalue weighted by Gasteiger charge is -2.57. The summed E-state index contributed by atoms with van der Waals surface area (Å²) in [5.74, 6) is 1.41. The quantitative estimate of drug-likeness (QED) is 0.536. The van der Waals surface area contributed by atoms with Crippen LogP contribution in [-0.2, 0) is 4.74 Å². The first-order chi connectivity index (χ1) is 12.9. The van der Waals surface area contributed by atoms with Gasteiger partial charge in [-0.25, -0.2) is 0 Å². The van der Waals surface area contributed by atoms with Gasteiger partial charge in [-0.05, 0) is 72.8 Å². The summed E-state index contributed by atoms with van der Waals surface area (Å²) in [6.07, 6.45) is 18.2. The van der Waals surface area contributed by atoms with E-state index in [2.05, 4.69) is 45.6 Å². The molecule has 3 aliphatic rings. The molecule has 2 saturated carbocycles. The lowest BCUT2D eigenvalue weighted by Crippen LogP contribution is -2.49. The van der Waals surface area contributed by atoms with E-state index < -0.39 is 0 Å². The van der Waals surface area contributed by atoms with E-state index in [1.54, 1.807) is 12.5 Å². The molecule has 0 unspecified atom stereocenters. The molecule has 0 radical (unpaired) electrons. The predicted octanol–water partition coefficient (Wildman–Crippen LogP) is 7.02. The molecule has 146 valence electrons. The first kappa shape index (κ1) is 18.8. The molecule has 0 N–H and O–H groups in total. The standard InChI is InChI=1S/C25H34O2/c1-18-6-5-7-23-24(18,3)13-10-19(2)25(23,4)14-11-20-8-9-22(27-16-20)21-12-15-26-17-21/h8,11-12,14-15,17,19,22-23H,1,5-7,9-10,13,16H2,2-4H3/b14-11+/t19-,22+,23-,24-,25-/m0/s1. The summed E-state index contributed by atoms with van der Waals surface area (Å²) in [6, 6.07) is 2.00. The Morgan fingerprint density at radius 1 is 1.26 bits per heavy atom. The third-order valence-corrected chi connectivity index (χ3v) is 8.07. The van der Waals surface area contributed by atoms with Gasteiger partial charge in [0.25, 0.3) is 0 Å². The molecular weight excluding hydrogens is 332 g/mol. The average molecular weight is 367 g/mol. The van der Waals surface area contributed by atoms with Gasteiger partial charge in [0, 0.05) is 5.56 Å². The van der Waals surface area contributed by atoms with Crippen molar-refractivity contribution in [2.24, 2.45) is 22.7 Å². The van der Waals surface area contributed by atoms with Crippen LogP contribution in [0.4, 0.5) is 0 Å². The van der Waals surface area contributed by atoms with Crippen LogP contribution >= 0.6 is 0 Å². The zero-order valence-corrected chi connectivity index (χ0v) is 17.2. The van der Waals surface area contributed by atoms with Crippen LogP contribution in [0.5, 0.6) is 0 Å². The second-order valence-corrected chi connectivity index (χ2v) is 9.48. The van der Waals surface area contributed by atoms with E-state index in [1.807, 2.05) is 6.07 Å². The fourth-order valence-corrected chi connectivity index (χ4v) is 5.85. The van der Waals surface area contributed by atoms with Gasteiger partial charge >= 0.3 is 0 Å². The highest BCUT2D eigenvalue weighted by molar-refractivity contribution is 5.28. The van der Waals surface area contributed by atoms with E-state index in [0.717, 1.165) is 12.0 Å². The highest BCUT2D eigenvalue weighted by Gasteiger charge is 2.52. The minimum atomic E-state index is 0.134. The normalized spacial score (nSPS) is 40.0. The zero-order valence-electron chi connectivity index (χ0n) is 17.2. The van der Waals surface area contributed by atoms with E-state index >= 15 is 0 Å². The van der Waals surface area contributed by atoms with Crippen LogP contribution < -0.4 is 0 Å². The lowest BCUT2D eigenvalue weighted by atomic mass is 9.47. The van der Waals surface area contributed by atoms with E-state index in [9.17, 15) is 0 Å². The second kappa shape index (κ2) is 7.13. The van der Waals surface area contributed by atoms with Crippen molar-refractivity contribution in [3.8, 4) is 0 Å². The average Bonchev–Trinajstić information content (AvgIpc) is 3.21. The number of ether oxygens (including phenoxy) is 1. The van der Waals surface area contributed by atoms with E-state index in [-0.39, 0.29) is 11.5 Å². The molecule has 0 aromatic carbocycles. The molecule has 5 atom stereocenters. The van der Waals surface area contributed by atoms with Gasteiger partial charge in [-0.2, -0.15) is 0 Å². The monoisotopic (exact) mass is 366 g/mol. The van der Waals surface area contributed by atoms with Crippen LogP contribution in [0.2, 0.25) is 0 Å². The Labute approximate surface area is 164 Å². The fraction of sp³-hybridized carbons (Fsp3) is 0.600. The highest BCUT2D eigenvalue weighted by Crippen LogP contribution is 2.61. The molecule has 1 aromatic rings. The smallest absolute Gasteiger partial charge is 0.0960 e. The number of allylic oxidation sites excluding steroid dienone is 2. The molecule has 2 heterocycles. The van der Waals surface area contributed by atoms with Gasteiger partial charge < -0.3 is 9.15 Å². The van der Waals surface area contributed by atoms with Crippen LogP contribution in [0.1, 0.15) is 71.0 Å². The number of hydrogen-bond acceptors (Lipinski definition) is 2. The Morgan fingerprint density at radius 2 is 2.11 bits per heavy atom. The molecule has 2 heteroatoms. The van der Waals surface area contributed by atoms with Gasteiger partial charge in [-0.15, -0.1) is 0 Å². The third kappa shape index (κ3) is 3.27. The molecule has 2 aliphatic carbocycles. The van der Waals surface area contributed by atoms with Crippen molar-refractivity contribution in [3.05, 3.63) is 60.1 Å². The molecule has 1 aliphatic heterocycles. The molecule has 2 nitrogen and oxygen atoms in total. The van der Waals surface area contributed by atoms with Crippen LogP contribution in [0, 0.1) is 22.7 Å².